The molecule has 0 radical (unpaired) electrons. The number of benzene rings is 2. The first kappa shape index (κ1) is 22.5. The van der Waals surface area contributed by atoms with Crippen LogP contribution < -0.4 is 20.3 Å². The van der Waals surface area contributed by atoms with Crippen molar-refractivity contribution in [1.29, 1.82) is 0 Å². The molecule has 2 aromatic carbocycles. The number of halogens is 1. The number of ether oxygens (including phenoxy) is 2. The summed E-state index contributed by atoms with van der Waals surface area (Å²) in [6.45, 7) is 0.229. The third kappa shape index (κ3) is 5.28. The molecule has 164 valence electrons. The highest BCUT2D eigenvalue weighted by Crippen LogP contribution is 2.31. The van der Waals surface area contributed by atoms with E-state index < -0.39 is 6.03 Å². The molecule has 9 heteroatoms. The van der Waals surface area contributed by atoms with Gasteiger partial charge in [0.15, 0.2) is 11.5 Å². The number of carbonyl (C=O) groups excluding carboxylic acids is 1. The van der Waals surface area contributed by atoms with Crippen LogP contribution in [0, 0.1) is 0 Å². The maximum Gasteiger partial charge on any atom is 0.322 e. The molecule has 0 atom stereocenters. The topological polar surface area (TPSA) is 104 Å². The molecular formula is C22H24ClN3O5. The molecule has 0 saturated carbocycles. The Kier molecular flexibility index (Phi) is 7.38. The van der Waals surface area contributed by atoms with E-state index in [-0.39, 0.29) is 25.3 Å². The third-order valence-corrected chi connectivity index (χ3v) is 5.10. The first-order valence-corrected chi connectivity index (χ1v) is 10.0. The number of aromatic amines is 1. The second-order valence-electron chi connectivity index (χ2n) is 6.83. The van der Waals surface area contributed by atoms with E-state index in [1.54, 1.807) is 42.5 Å². The van der Waals surface area contributed by atoms with E-state index in [0.717, 1.165) is 5.39 Å². The first-order chi connectivity index (χ1) is 15.0. The number of amides is 2. The predicted molar refractivity (Wildman–Crippen MR) is 120 cm³/mol. The minimum Gasteiger partial charge on any atom is -0.493 e. The molecule has 0 fully saturated rings. The number of rotatable bonds is 8. The zero-order chi connectivity index (χ0) is 22.4. The summed E-state index contributed by atoms with van der Waals surface area (Å²) in [5, 5.41) is 13.1. The number of anilines is 1. The van der Waals surface area contributed by atoms with Crippen molar-refractivity contribution in [3.05, 3.63) is 63.4 Å². The van der Waals surface area contributed by atoms with Crippen LogP contribution in [0.2, 0.25) is 5.02 Å². The van der Waals surface area contributed by atoms with Crippen LogP contribution >= 0.6 is 11.6 Å². The average molecular weight is 446 g/mol. The van der Waals surface area contributed by atoms with Crippen molar-refractivity contribution >= 4 is 34.2 Å². The summed E-state index contributed by atoms with van der Waals surface area (Å²) in [7, 11) is 3.05. The number of hydrogen-bond donors (Lipinski definition) is 3. The van der Waals surface area contributed by atoms with Crippen molar-refractivity contribution in [2.75, 3.05) is 32.7 Å². The number of aliphatic hydroxyl groups is 1. The zero-order valence-corrected chi connectivity index (χ0v) is 18.0. The number of aromatic nitrogens is 1. The van der Waals surface area contributed by atoms with Gasteiger partial charge in [-0.05, 0) is 30.7 Å². The molecule has 31 heavy (non-hydrogen) atoms. The summed E-state index contributed by atoms with van der Waals surface area (Å²) < 4.78 is 10.6. The van der Waals surface area contributed by atoms with Crippen LogP contribution in [-0.4, -0.2) is 48.4 Å². The highest BCUT2D eigenvalue weighted by Gasteiger charge is 2.18. The fourth-order valence-corrected chi connectivity index (χ4v) is 3.36. The molecular weight excluding hydrogens is 422 g/mol. The Morgan fingerprint density at radius 2 is 1.87 bits per heavy atom. The van der Waals surface area contributed by atoms with Gasteiger partial charge in [0.25, 0.3) is 5.56 Å². The lowest BCUT2D eigenvalue weighted by molar-refractivity contribution is 0.199. The summed E-state index contributed by atoms with van der Waals surface area (Å²) in [5.41, 5.74) is 1.13. The van der Waals surface area contributed by atoms with Gasteiger partial charge in [-0.3, -0.25) is 4.79 Å². The number of H-pyrrole nitrogens is 1. The zero-order valence-electron chi connectivity index (χ0n) is 17.3. The number of aliphatic hydroxyl groups excluding tert-OH is 1. The fraction of sp³-hybridized carbons (Fsp3) is 0.273. The molecule has 0 bridgehead atoms. The Labute approximate surface area is 184 Å². The SMILES string of the molecule is COc1cc2cc(CN(CCCO)C(=O)Nc3ccccc3Cl)c(=O)[nH]c2cc1OC. The van der Waals surface area contributed by atoms with E-state index in [4.69, 9.17) is 21.1 Å². The Balaban J connectivity index is 1.91. The number of urea groups is 1. The average Bonchev–Trinajstić information content (AvgIpc) is 2.77. The number of para-hydroxylation sites is 1. The van der Waals surface area contributed by atoms with E-state index in [1.807, 2.05) is 0 Å². The van der Waals surface area contributed by atoms with Crippen LogP contribution in [0.15, 0.2) is 47.3 Å². The minimum absolute atomic E-state index is 0.0515. The molecule has 0 aliphatic rings. The van der Waals surface area contributed by atoms with Gasteiger partial charge in [0, 0.05) is 30.2 Å². The van der Waals surface area contributed by atoms with Gasteiger partial charge >= 0.3 is 6.03 Å². The van der Waals surface area contributed by atoms with Crippen LogP contribution in [0.1, 0.15) is 12.0 Å². The largest absolute Gasteiger partial charge is 0.493 e. The Hall–Kier alpha value is -3.23. The van der Waals surface area contributed by atoms with Crippen molar-refractivity contribution in [1.82, 2.24) is 9.88 Å². The van der Waals surface area contributed by atoms with Crippen molar-refractivity contribution in [3.63, 3.8) is 0 Å². The van der Waals surface area contributed by atoms with Crippen molar-refractivity contribution in [2.45, 2.75) is 13.0 Å². The lowest BCUT2D eigenvalue weighted by Crippen LogP contribution is -2.37. The van der Waals surface area contributed by atoms with Gasteiger partial charge in [-0.15, -0.1) is 0 Å². The van der Waals surface area contributed by atoms with Crippen molar-refractivity contribution in [2.24, 2.45) is 0 Å². The standard InChI is InChI=1S/C22H24ClN3O5/c1-30-19-11-14-10-15(21(28)24-18(14)12-20(19)31-2)13-26(8-5-9-27)22(29)25-17-7-4-3-6-16(17)23/h3-4,6-7,10-12,27H,5,8-9,13H2,1-2H3,(H,24,28)(H,25,29). The van der Waals surface area contributed by atoms with E-state index in [2.05, 4.69) is 10.3 Å². The lowest BCUT2D eigenvalue weighted by atomic mass is 10.1. The Bertz CT molecular complexity index is 1130. The number of nitrogens with one attached hydrogen (secondary N) is 2. The molecule has 1 heterocycles. The highest BCUT2D eigenvalue weighted by atomic mass is 35.5. The second-order valence-corrected chi connectivity index (χ2v) is 7.23. The maximum absolute atomic E-state index is 12.9. The molecule has 2 amide bonds. The number of nitrogens with zero attached hydrogens (tertiary/aromatic N) is 1. The number of carbonyl (C=O) groups is 1. The summed E-state index contributed by atoms with van der Waals surface area (Å²) in [5.74, 6) is 1.03. The van der Waals surface area contributed by atoms with Gasteiger partial charge in [0.1, 0.15) is 0 Å². The monoisotopic (exact) mass is 445 g/mol. The van der Waals surface area contributed by atoms with E-state index in [0.29, 0.717) is 39.7 Å². The summed E-state index contributed by atoms with van der Waals surface area (Å²) in [6.07, 6.45) is 0.368. The second kappa shape index (κ2) is 10.2. The van der Waals surface area contributed by atoms with Crippen LogP contribution in [0.5, 0.6) is 11.5 Å². The summed E-state index contributed by atoms with van der Waals surface area (Å²) >= 11 is 6.13. The van der Waals surface area contributed by atoms with Crippen LogP contribution in [0.25, 0.3) is 10.9 Å². The van der Waals surface area contributed by atoms with Gasteiger partial charge in [-0.2, -0.15) is 0 Å². The molecule has 0 aliphatic heterocycles. The van der Waals surface area contributed by atoms with Crippen molar-refractivity contribution < 1.29 is 19.4 Å². The number of pyridine rings is 1. The van der Waals surface area contributed by atoms with Gasteiger partial charge in [-0.1, -0.05) is 23.7 Å². The summed E-state index contributed by atoms with van der Waals surface area (Å²) in [6, 6.07) is 11.6. The van der Waals surface area contributed by atoms with E-state index in [1.165, 1.54) is 19.1 Å². The van der Waals surface area contributed by atoms with Crippen molar-refractivity contribution in [3.8, 4) is 11.5 Å². The van der Waals surface area contributed by atoms with Crippen LogP contribution in [0.3, 0.4) is 0 Å². The van der Waals surface area contributed by atoms with Crippen LogP contribution in [-0.2, 0) is 6.54 Å². The number of methoxy groups -OCH3 is 2. The Morgan fingerprint density at radius 1 is 1.16 bits per heavy atom. The molecule has 3 rings (SSSR count). The smallest absolute Gasteiger partial charge is 0.322 e. The molecule has 3 N–H and O–H groups in total. The molecule has 0 unspecified atom stereocenters. The number of fused-ring (bicyclic) bond motifs is 1. The Morgan fingerprint density at radius 3 is 2.55 bits per heavy atom. The highest BCUT2D eigenvalue weighted by molar-refractivity contribution is 6.33. The molecule has 8 nitrogen and oxygen atoms in total. The van der Waals surface area contributed by atoms with Gasteiger partial charge < -0.3 is 29.8 Å². The molecule has 3 aromatic rings. The van der Waals surface area contributed by atoms with E-state index in [9.17, 15) is 14.7 Å². The molecule has 0 spiro atoms. The first-order valence-electron chi connectivity index (χ1n) is 9.66. The van der Waals surface area contributed by atoms with Crippen LogP contribution in [0.4, 0.5) is 10.5 Å². The van der Waals surface area contributed by atoms with Gasteiger partial charge in [-0.25, -0.2) is 4.79 Å². The number of hydrogen-bond acceptors (Lipinski definition) is 5. The molecule has 1 aromatic heterocycles. The summed E-state index contributed by atoms with van der Waals surface area (Å²) in [4.78, 5) is 29.8. The van der Waals surface area contributed by atoms with Gasteiger partial charge in [0.05, 0.1) is 37.0 Å². The predicted octanol–water partition coefficient (Wildman–Crippen LogP) is 3.62. The maximum atomic E-state index is 12.9. The normalized spacial score (nSPS) is 10.7. The third-order valence-electron chi connectivity index (χ3n) is 4.78. The quantitative estimate of drug-likeness (QED) is 0.491. The molecule has 0 aliphatic carbocycles. The van der Waals surface area contributed by atoms with Gasteiger partial charge in [0.2, 0.25) is 0 Å². The molecule has 0 saturated heterocycles. The lowest BCUT2D eigenvalue weighted by Gasteiger charge is -2.23. The minimum atomic E-state index is -0.423. The fourth-order valence-electron chi connectivity index (χ4n) is 3.17. The van der Waals surface area contributed by atoms with E-state index >= 15 is 0 Å².